The zero-order valence-electron chi connectivity index (χ0n) is 7.35. The van der Waals surface area contributed by atoms with Crippen molar-refractivity contribution in [1.82, 2.24) is 10.8 Å². The second-order valence-electron chi connectivity index (χ2n) is 2.87. The van der Waals surface area contributed by atoms with E-state index in [1.165, 1.54) is 0 Å². The summed E-state index contributed by atoms with van der Waals surface area (Å²) < 4.78 is 0. The normalized spacial score (nSPS) is 26.1. The molecule has 0 aromatic rings. The molecule has 0 fully saturated rings. The van der Waals surface area contributed by atoms with Crippen LogP contribution in [0.1, 0.15) is 20.8 Å². The lowest BCUT2D eigenvalue weighted by atomic mass is 10.1. The van der Waals surface area contributed by atoms with Gasteiger partial charge in [-0.15, -0.1) is 5.48 Å². The number of hydrogen-bond donors (Lipinski definition) is 2. The number of likely N-dealkylation sites (N-methyl/N-ethyl adjacent to an activating group) is 1. The molecule has 2 N–H and O–H groups in total. The molecule has 3 heteroatoms. The van der Waals surface area contributed by atoms with Gasteiger partial charge in [0, 0.05) is 6.04 Å². The van der Waals surface area contributed by atoms with Crippen LogP contribution < -0.4 is 10.8 Å². The van der Waals surface area contributed by atoms with Gasteiger partial charge in [-0.2, -0.15) is 0 Å². The number of nitrogens with one attached hydrogen (secondary N) is 2. The first-order chi connectivity index (χ1) is 5.24. The smallest absolute Gasteiger partial charge is 0.118 e. The molecule has 0 saturated heterocycles. The van der Waals surface area contributed by atoms with Gasteiger partial charge in [-0.25, -0.2) is 0 Å². The van der Waals surface area contributed by atoms with Crippen molar-refractivity contribution >= 4 is 0 Å². The molecule has 0 aliphatic carbocycles. The molecule has 1 rings (SSSR count). The molecule has 0 amide bonds. The molecule has 1 heterocycles. The Morgan fingerprint density at radius 1 is 1.82 bits per heavy atom. The van der Waals surface area contributed by atoms with Gasteiger partial charge in [0.15, 0.2) is 0 Å². The Morgan fingerprint density at radius 2 is 2.55 bits per heavy atom. The average molecular weight is 156 g/mol. The van der Waals surface area contributed by atoms with E-state index in [0.717, 1.165) is 12.3 Å². The van der Waals surface area contributed by atoms with E-state index < -0.39 is 0 Å². The van der Waals surface area contributed by atoms with Crippen LogP contribution in [0.3, 0.4) is 0 Å². The molecule has 2 unspecified atom stereocenters. The van der Waals surface area contributed by atoms with Gasteiger partial charge in [-0.1, -0.05) is 6.92 Å². The summed E-state index contributed by atoms with van der Waals surface area (Å²) in [6, 6.07) is 0.743. The van der Waals surface area contributed by atoms with Gasteiger partial charge < -0.3 is 10.2 Å². The van der Waals surface area contributed by atoms with E-state index in [-0.39, 0.29) is 0 Å². The minimum Gasteiger partial charge on any atom is -0.413 e. The summed E-state index contributed by atoms with van der Waals surface area (Å²) in [4.78, 5) is 5.10. The summed E-state index contributed by atoms with van der Waals surface area (Å²) in [5.41, 5.74) is 2.94. The molecule has 0 spiro atoms. The van der Waals surface area contributed by atoms with E-state index >= 15 is 0 Å². The zero-order chi connectivity index (χ0) is 8.27. The summed E-state index contributed by atoms with van der Waals surface area (Å²) >= 11 is 0. The Balaban J connectivity index is 2.36. The van der Waals surface area contributed by atoms with Crippen molar-refractivity contribution in [2.75, 3.05) is 6.54 Å². The number of rotatable bonds is 3. The molecule has 0 saturated carbocycles. The van der Waals surface area contributed by atoms with E-state index in [2.05, 4.69) is 30.7 Å². The van der Waals surface area contributed by atoms with Crippen molar-refractivity contribution in [1.29, 1.82) is 0 Å². The van der Waals surface area contributed by atoms with Crippen LogP contribution in [-0.4, -0.2) is 18.6 Å². The van der Waals surface area contributed by atoms with Crippen molar-refractivity contribution in [2.45, 2.75) is 32.9 Å². The second kappa shape index (κ2) is 3.74. The van der Waals surface area contributed by atoms with E-state index in [0.29, 0.717) is 12.1 Å². The van der Waals surface area contributed by atoms with E-state index in [1.807, 2.05) is 6.92 Å². The standard InChI is InChI=1S/C8H16N2O/c1-4-9-7(3)8-5-6(2)11-10-8/h5,7-10H,4H2,1-3H3. The van der Waals surface area contributed by atoms with Crippen LogP contribution in [0.2, 0.25) is 0 Å². The highest BCUT2D eigenvalue weighted by molar-refractivity contribution is 5.04. The molecule has 0 aromatic carbocycles. The Labute approximate surface area is 67.8 Å². The number of allylic oxidation sites excluding steroid dienone is 1. The summed E-state index contributed by atoms with van der Waals surface area (Å²) in [7, 11) is 0. The highest BCUT2D eigenvalue weighted by atomic mass is 16.7. The third-order valence-corrected chi connectivity index (χ3v) is 1.84. The predicted molar refractivity (Wildman–Crippen MR) is 44.9 cm³/mol. The van der Waals surface area contributed by atoms with Gasteiger partial charge in [-0.3, -0.25) is 0 Å². The maximum Gasteiger partial charge on any atom is 0.118 e. The third-order valence-electron chi connectivity index (χ3n) is 1.84. The summed E-state index contributed by atoms with van der Waals surface area (Å²) in [6.45, 7) is 7.18. The van der Waals surface area contributed by atoms with Crippen molar-refractivity contribution in [3.05, 3.63) is 11.8 Å². The van der Waals surface area contributed by atoms with Crippen LogP contribution in [0, 0.1) is 0 Å². The van der Waals surface area contributed by atoms with Gasteiger partial charge >= 0.3 is 0 Å². The summed E-state index contributed by atoms with van der Waals surface area (Å²) in [6.07, 6.45) is 2.09. The Hall–Kier alpha value is -0.540. The highest BCUT2D eigenvalue weighted by Crippen LogP contribution is 2.08. The minimum atomic E-state index is 0.315. The lowest BCUT2D eigenvalue weighted by Gasteiger charge is -2.16. The SMILES string of the molecule is CCNC(C)C1C=C(C)ON1. The van der Waals surface area contributed by atoms with Crippen LogP contribution in [0.15, 0.2) is 11.8 Å². The topological polar surface area (TPSA) is 33.3 Å². The quantitative estimate of drug-likeness (QED) is 0.634. The molecule has 11 heavy (non-hydrogen) atoms. The van der Waals surface area contributed by atoms with Gasteiger partial charge in [0.1, 0.15) is 5.76 Å². The molecule has 0 aromatic heterocycles. The van der Waals surface area contributed by atoms with Crippen LogP contribution in [0.5, 0.6) is 0 Å². The van der Waals surface area contributed by atoms with Gasteiger partial charge in [0.2, 0.25) is 0 Å². The lowest BCUT2D eigenvalue weighted by Crippen LogP contribution is -2.42. The molecule has 1 aliphatic rings. The van der Waals surface area contributed by atoms with Crippen LogP contribution in [0.25, 0.3) is 0 Å². The molecule has 3 nitrogen and oxygen atoms in total. The van der Waals surface area contributed by atoms with Gasteiger partial charge in [-0.05, 0) is 26.5 Å². The van der Waals surface area contributed by atoms with Crippen molar-refractivity contribution in [2.24, 2.45) is 0 Å². The van der Waals surface area contributed by atoms with E-state index in [1.54, 1.807) is 0 Å². The first kappa shape index (κ1) is 8.56. The first-order valence-electron chi connectivity index (χ1n) is 4.08. The summed E-state index contributed by atoms with van der Waals surface area (Å²) in [5, 5.41) is 3.32. The Bertz CT molecular complexity index is 156. The van der Waals surface area contributed by atoms with Gasteiger partial charge in [0.05, 0.1) is 6.04 Å². The fraction of sp³-hybridized carbons (Fsp3) is 0.750. The van der Waals surface area contributed by atoms with Crippen LogP contribution in [-0.2, 0) is 4.84 Å². The highest BCUT2D eigenvalue weighted by Gasteiger charge is 2.19. The monoisotopic (exact) mass is 156 g/mol. The molecular formula is C8H16N2O. The molecular weight excluding hydrogens is 140 g/mol. The predicted octanol–water partition coefficient (Wildman–Crippen LogP) is 0.792. The van der Waals surface area contributed by atoms with Crippen molar-refractivity contribution in [3.8, 4) is 0 Å². The average Bonchev–Trinajstić information content (AvgIpc) is 2.36. The van der Waals surface area contributed by atoms with Crippen molar-refractivity contribution < 1.29 is 4.84 Å². The first-order valence-corrected chi connectivity index (χ1v) is 4.08. The van der Waals surface area contributed by atoms with E-state index in [9.17, 15) is 0 Å². The molecule has 0 bridgehead atoms. The van der Waals surface area contributed by atoms with Gasteiger partial charge in [0.25, 0.3) is 0 Å². The zero-order valence-corrected chi connectivity index (χ0v) is 7.35. The largest absolute Gasteiger partial charge is 0.413 e. The second-order valence-corrected chi connectivity index (χ2v) is 2.87. The fourth-order valence-electron chi connectivity index (χ4n) is 1.18. The van der Waals surface area contributed by atoms with E-state index in [4.69, 9.17) is 4.84 Å². The number of hydroxylamine groups is 1. The maximum absolute atomic E-state index is 5.10. The lowest BCUT2D eigenvalue weighted by molar-refractivity contribution is 0.109. The molecule has 0 radical (unpaired) electrons. The van der Waals surface area contributed by atoms with Crippen LogP contribution in [0.4, 0.5) is 0 Å². The van der Waals surface area contributed by atoms with Crippen LogP contribution >= 0.6 is 0 Å². The Kier molecular flexibility index (Phi) is 2.91. The number of hydrogen-bond acceptors (Lipinski definition) is 3. The van der Waals surface area contributed by atoms with Crippen molar-refractivity contribution in [3.63, 3.8) is 0 Å². The fourth-order valence-corrected chi connectivity index (χ4v) is 1.18. The molecule has 2 atom stereocenters. The molecule has 1 aliphatic heterocycles. The molecule has 64 valence electrons. The summed E-state index contributed by atoms with van der Waals surface area (Å²) in [5.74, 6) is 0.958. The Morgan fingerprint density at radius 3 is 3.00 bits per heavy atom. The minimum absolute atomic E-state index is 0.315. The maximum atomic E-state index is 5.10. The third kappa shape index (κ3) is 2.20.